The first-order valence-electron chi connectivity index (χ1n) is 10.6. The van der Waals surface area contributed by atoms with Crippen molar-refractivity contribution in [3.63, 3.8) is 0 Å². The Kier molecular flexibility index (Phi) is 6.92. The number of nitrogens with zero attached hydrogens (tertiary/aromatic N) is 1. The highest BCUT2D eigenvalue weighted by Crippen LogP contribution is 2.40. The van der Waals surface area contributed by atoms with Crippen molar-refractivity contribution < 1.29 is 39.8 Å². The number of aromatic hydroxyl groups is 1. The van der Waals surface area contributed by atoms with Gasteiger partial charge in [0, 0.05) is 23.2 Å². The minimum atomic E-state index is -1.60. The van der Waals surface area contributed by atoms with Gasteiger partial charge in [0.1, 0.15) is 42.0 Å². The van der Waals surface area contributed by atoms with Gasteiger partial charge in [0.25, 0.3) is 0 Å². The second-order valence-corrected chi connectivity index (χ2v) is 7.98. The normalized spacial score (nSPS) is 25.0. The van der Waals surface area contributed by atoms with Crippen LogP contribution in [0.25, 0.3) is 17.0 Å². The molecule has 5 unspecified atom stereocenters. The van der Waals surface area contributed by atoms with Crippen molar-refractivity contribution in [3.05, 3.63) is 71.4 Å². The first-order valence-corrected chi connectivity index (χ1v) is 10.6. The molecule has 9 nitrogen and oxygen atoms in total. The van der Waals surface area contributed by atoms with E-state index in [2.05, 4.69) is 4.98 Å². The molecule has 0 aliphatic carbocycles. The molecule has 0 saturated carbocycles. The fraction of sp³-hybridized carbons (Fsp3) is 0.280. The number of methoxy groups -OCH3 is 1. The van der Waals surface area contributed by atoms with Gasteiger partial charge in [0.05, 0.1) is 24.8 Å². The largest absolute Gasteiger partial charge is 0.507 e. The Morgan fingerprint density at radius 3 is 2.62 bits per heavy atom. The molecule has 1 aromatic heterocycles. The zero-order valence-corrected chi connectivity index (χ0v) is 18.3. The molecule has 9 heteroatoms. The number of phenols is 1. The molecule has 2 heterocycles. The van der Waals surface area contributed by atoms with Crippen LogP contribution in [0.3, 0.4) is 0 Å². The molecule has 0 amide bonds. The topological polar surface area (TPSA) is 150 Å². The van der Waals surface area contributed by atoms with Crippen LogP contribution < -0.4 is 4.74 Å². The first-order chi connectivity index (χ1) is 16.3. The Morgan fingerprint density at radius 1 is 1.12 bits per heavy atom. The van der Waals surface area contributed by atoms with Gasteiger partial charge in [-0.1, -0.05) is 24.3 Å². The van der Waals surface area contributed by atoms with Crippen molar-refractivity contribution in [1.29, 1.82) is 0 Å². The van der Waals surface area contributed by atoms with E-state index >= 15 is 0 Å². The minimum Gasteiger partial charge on any atom is -0.507 e. The molecule has 5 N–H and O–H groups in total. The summed E-state index contributed by atoms with van der Waals surface area (Å²) in [5.74, 6) is -0.770. The summed E-state index contributed by atoms with van der Waals surface area (Å²) in [5, 5.41) is 51.5. The highest BCUT2D eigenvalue weighted by atomic mass is 16.5. The number of hydrogen-bond acceptors (Lipinski definition) is 9. The average Bonchev–Trinajstić information content (AvgIpc) is 2.86. The maximum absolute atomic E-state index is 13.0. The van der Waals surface area contributed by atoms with E-state index in [4.69, 9.17) is 9.47 Å². The zero-order chi connectivity index (χ0) is 24.4. The molecule has 5 atom stereocenters. The molecule has 4 rings (SSSR count). The lowest BCUT2D eigenvalue weighted by atomic mass is 9.89. The van der Waals surface area contributed by atoms with Gasteiger partial charge in [-0.2, -0.15) is 0 Å². The van der Waals surface area contributed by atoms with Gasteiger partial charge in [-0.3, -0.25) is 9.78 Å². The number of aliphatic hydroxyl groups is 4. The molecule has 1 aliphatic heterocycles. The molecule has 0 spiro atoms. The lowest BCUT2D eigenvalue weighted by molar-refractivity contribution is -0.232. The third kappa shape index (κ3) is 4.39. The molecule has 1 saturated heterocycles. The van der Waals surface area contributed by atoms with Crippen molar-refractivity contribution in [1.82, 2.24) is 4.98 Å². The number of carbonyl (C=O) groups is 1. The number of pyridine rings is 1. The Balaban J connectivity index is 1.70. The number of aromatic nitrogens is 1. The summed E-state index contributed by atoms with van der Waals surface area (Å²) in [5.41, 5.74) is 1.63. The summed E-state index contributed by atoms with van der Waals surface area (Å²) in [4.78, 5) is 17.3. The lowest BCUT2D eigenvalue weighted by Gasteiger charge is -2.40. The van der Waals surface area contributed by atoms with E-state index in [1.54, 1.807) is 18.3 Å². The maximum Gasteiger partial charge on any atom is 0.189 e. The number of aliphatic hydroxyl groups excluding tert-OH is 4. The molecule has 3 aromatic rings. The number of carbonyl (C=O) groups excluding carboxylic acids is 1. The van der Waals surface area contributed by atoms with Gasteiger partial charge in [0.2, 0.25) is 0 Å². The molecule has 0 radical (unpaired) electrons. The highest BCUT2D eigenvalue weighted by molar-refractivity contribution is 6.09. The van der Waals surface area contributed by atoms with E-state index in [1.165, 1.54) is 25.3 Å². The number of benzene rings is 2. The van der Waals surface area contributed by atoms with Crippen molar-refractivity contribution in [3.8, 4) is 11.5 Å². The number of phenolic OH excluding ortho intramolecular Hbond substituents is 1. The number of hydrogen-bond donors (Lipinski definition) is 5. The van der Waals surface area contributed by atoms with Gasteiger partial charge in [-0.15, -0.1) is 0 Å². The first kappa shape index (κ1) is 23.8. The second kappa shape index (κ2) is 9.88. The van der Waals surface area contributed by atoms with Crippen molar-refractivity contribution in [2.24, 2.45) is 0 Å². The van der Waals surface area contributed by atoms with Gasteiger partial charge < -0.3 is 35.0 Å². The number of ether oxygens (including phenoxy) is 2. The smallest absolute Gasteiger partial charge is 0.189 e. The summed E-state index contributed by atoms with van der Waals surface area (Å²) in [6, 6.07) is 11.7. The molecular formula is C25H25NO8. The fourth-order valence-corrected chi connectivity index (χ4v) is 4.06. The zero-order valence-electron chi connectivity index (χ0n) is 18.3. The van der Waals surface area contributed by atoms with E-state index in [-0.39, 0.29) is 22.6 Å². The van der Waals surface area contributed by atoms with E-state index in [0.717, 1.165) is 16.5 Å². The summed E-state index contributed by atoms with van der Waals surface area (Å²) in [6.07, 6.45) is -2.52. The Morgan fingerprint density at radius 2 is 1.88 bits per heavy atom. The number of ketones is 1. The van der Waals surface area contributed by atoms with E-state index in [0.29, 0.717) is 0 Å². The Hall–Kier alpha value is -3.34. The van der Waals surface area contributed by atoms with Gasteiger partial charge >= 0.3 is 0 Å². The fourth-order valence-electron chi connectivity index (χ4n) is 4.06. The van der Waals surface area contributed by atoms with Crippen LogP contribution in [0.5, 0.6) is 11.5 Å². The molecule has 178 valence electrons. The molecule has 0 bridgehead atoms. The summed E-state index contributed by atoms with van der Waals surface area (Å²) >= 11 is 0. The van der Waals surface area contributed by atoms with Crippen molar-refractivity contribution >= 4 is 22.8 Å². The third-order valence-corrected chi connectivity index (χ3v) is 5.91. The molecule has 1 aliphatic rings. The average molecular weight is 467 g/mol. The van der Waals surface area contributed by atoms with Crippen LogP contribution in [0.15, 0.2) is 54.7 Å². The molecule has 34 heavy (non-hydrogen) atoms. The number of para-hydroxylation sites is 1. The summed E-state index contributed by atoms with van der Waals surface area (Å²) in [7, 11) is 1.33. The lowest BCUT2D eigenvalue weighted by Crippen LogP contribution is -2.55. The summed E-state index contributed by atoms with van der Waals surface area (Å²) < 4.78 is 10.9. The predicted molar refractivity (Wildman–Crippen MR) is 122 cm³/mol. The van der Waals surface area contributed by atoms with Gasteiger partial charge in [-0.25, -0.2) is 0 Å². The monoisotopic (exact) mass is 467 g/mol. The highest BCUT2D eigenvalue weighted by Gasteiger charge is 2.45. The van der Waals surface area contributed by atoms with E-state index in [9.17, 15) is 30.3 Å². The molecule has 1 fully saturated rings. The number of rotatable bonds is 6. The van der Waals surface area contributed by atoms with E-state index < -0.39 is 42.9 Å². The summed E-state index contributed by atoms with van der Waals surface area (Å²) in [6.45, 7) is -0.601. The third-order valence-electron chi connectivity index (χ3n) is 5.91. The van der Waals surface area contributed by atoms with E-state index in [1.807, 2.05) is 24.3 Å². The Bertz CT molecular complexity index is 1220. The molecule has 2 aromatic carbocycles. The van der Waals surface area contributed by atoms with Crippen molar-refractivity contribution in [2.75, 3.05) is 13.7 Å². The standard InChI is InChI=1S/C25H25NO8/c1-33-20-11-19(29)15(10-16(20)25-24(32)23(31)22(30)21(12-27)34-25)18(28)7-6-13-8-9-26-17-5-3-2-4-14(13)17/h2-11,21-25,27,29-32H,12H2,1H3/b7-6+. The minimum absolute atomic E-state index is 0.0811. The molecular weight excluding hydrogens is 442 g/mol. The van der Waals surface area contributed by atoms with Gasteiger partial charge in [0.15, 0.2) is 5.78 Å². The second-order valence-electron chi connectivity index (χ2n) is 7.98. The van der Waals surface area contributed by atoms with Gasteiger partial charge in [-0.05, 0) is 29.8 Å². The van der Waals surface area contributed by atoms with Crippen LogP contribution in [0.1, 0.15) is 27.6 Å². The number of allylic oxidation sites excluding steroid dienone is 1. The van der Waals surface area contributed by atoms with Crippen LogP contribution in [0.4, 0.5) is 0 Å². The van der Waals surface area contributed by atoms with Crippen LogP contribution in [0.2, 0.25) is 0 Å². The Labute approximate surface area is 195 Å². The van der Waals surface area contributed by atoms with Crippen molar-refractivity contribution in [2.45, 2.75) is 30.5 Å². The quantitative estimate of drug-likeness (QED) is 0.267. The van der Waals surface area contributed by atoms with Crippen LogP contribution in [0, 0.1) is 0 Å². The maximum atomic E-state index is 13.0. The van der Waals surface area contributed by atoms with Crippen LogP contribution in [-0.2, 0) is 4.74 Å². The van der Waals surface area contributed by atoms with Crippen LogP contribution >= 0.6 is 0 Å². The SMILES string of the molecule is COc1cc(O)c(C(=O)/C=C/c2ccnc3ccccc23)cc1C1OC(CO)C(O)C(O)C1O. The predicted octanol–water partition coefficient (Wildman–Crippen LogP) is 1.36. The number of fused-ring (bicyclic) bond motifs is 1. The van der Waals surface area contributed by atoms with Crippen LogP contribution in [-0.4, -0.2) is 74.4 Å².